The molecule has 8 nitrogen and oxygen atoms in total. The number of carbonyl (C=O) groups excluding carboxylic acids is 1. The quantitative estimate of drug-likeness (QED) is 0.848. The van der Waals surface area contributed by atoms with Crippen molar-refractivity contribution < 1.29 is 27.9 Å². The molecule has 3 rings (SSSR count). The van der Waals surface area contributed by atoms with Crippen molar-refractivity contribution in [1.29, 1.82) is 0 Å². The molecule has 26 heavy (non-hydrogen) atoms. The lowest BCUT2D eigenvalue weighted by Gasteiger charge is -2.16. The van der Waals surface area contributed by atoms with Gasteiger partial charge in [0, 0.05) is 12.2 Å². The van der Waals surface area contributed by atoms with Crippen LogP contribution in [0, 0.1) is 5.92 Å². The van der Waals surface area contributed by atoms with Gasteiger partial charge in [-0.25, -0.2) is 9.67 Å². The van der Waals surface area contributed by atoms with Crippen LogP contribution in [0.4, 0.5) is 13.2 Å². The summed E-state index contributed by atoms with van der Waals surface area (Å²) in [7, 11) is 0. The molecule has 2 N–H and O–H groups in total. The molecule has 1 aliphatic carbocycles. The lowest BCUT2D eigenvalue weighted by atomic mass is 10.0. The van der Waals surface area contributed by atoms with Gasteiger partial charge in [-0.3, -0.25) is 9.59 Å². The molecule has 2 heterocycles. The number of carbonyl (C=O) groups is 2. The summed E-state index contributed by atoms with van der Waals surface area (Å²) in [5.74, 6) is -2.15. The van der Waals surface area contributed by atoms with Gasteiger partial charge in [0.25, 0.3) is 5.91 Å². The monoisotopic (exact) mass is 369 g/mol. The number of rotatable bonds is 4. The van der Waals surface area contributed by atoms with Crippen molar-refractivity contribution in [2.45, 2.75) is 31.5 Å². The zero-order valence-electron chi connectivity index (χ0n) is 13.3. The van der Waals surface area contributed by atoms with Crippen LogP contribution in [0.3, 0.4) is 0 Å². The van der Waals surface area contributed by atoms with Crippen LogP contribution >= 0.6 is 0 Å². The Hall–Kier alpha value is -2.98. The molecule has 1 fully saturated rings. The first-order valence-electron chi connectivity index (χ1n) is 7.75. The molecule has 0 aliphatic heterocycles. The van der Waals surface area contributed by atoms with Gasteiger partial charge in [-0.2, -0.15) is 13.2 Å². The lowest BCUT2D eigenvalue weighted by Crippen LogP contribution is -2.40. The maximum absolute atomic E-state index is 12.5. The van der Waals surface area contributed by atoms with Gasteiger partial charge in [0.15, 0.2) is 11.5 Å². The van der Waals surface area contributed by atoms with Crippen molar-refractivity contribution in [2.75, 3.05) is 0 Å². The Kier molecular flexibility index (Phi) is 4.62. The number of carboxylic acids is 1. The molecule has 1 aliphatic rings. The Bertz CT molecular complexity index is 819. The van der Waals surface area contributed by atoms with Gasteiger partial charge in [0.2, 0.25) is 0 Å². The number of halogens is 3. The van der Waals surface area contributed by atoms with E-state index in [1.54, 1.807) is 0 Å². The molecule has 0 aromatic carbocycles. The number of hydrogen-bond acceptors (Lipinski definition) is 5. The second-order valence-corrected chi connectivity index (χ2v) is 5.91. The molecule has 0 bridgehead atoms. The lowest BCUT2D eigenvalue weighted by molar-refractivity contribution is -0.142. The molecule has 1 saturated carbocycles. The average Bonchev–Trinajstić information content (AvgIpc) is 3.23. The smallest absolute Gasteiger partial charge is 0.417 e. The number of nitrogens with zero attached hydrogens (tertiary/aromatic N) is 4. The fraction of sp³-hybridized carbons (Fsp3) is 0.400. The Morgan fingerprint density at radius 1 is 1.27 bits per heavy atom. The Labute approximate surface area is 145 Å². The molecule has 2 atom stereocenters. The molecule has 0 saturated heterocycles. The molecular weight excluding hydrogens is 355 g/mol. The minimum atomic E-state index is -4.50. The van der Waals surface area contributed by atoms with E-state index >= 15 is 0 Å². The van der Waals surface area contributed by atoms with E-state index in [0.717, 1.165) is 16.8 Å². The highest BCUT2D eigenvalue weighted by molar-refractivity contribution is 5.92. The number of carboxylic acid groups (broad SMARTS) is 1. The molecule has 0 unspecified atom stereocenters. The third-order valence-corrected chi connectivity index (χ3v) is 4.19. The summed E-state index contributed by atoms with van der Waals surface area (Å²) in [6.45, 7) is 0. The Morgan fingerprint density at radius 2 is 2.04 bits per heavy atom. The number of alkyl halides is 3. The van der Waals surface area contributed by atoms with E-state index in [-0.39, 0.29) is 11.5 Å². The van der Waals surface area contributed by atoms with Crippen molar-refractivity contribution in [3.8, 4) is 5.82 Å². The van der Waals surface area contributed by atoms with E-state index in [9.17, 15) is 22.8 Å². The van der Waals surface area contributed by atoms with Crippen LogP contribution in [-0.2, 0) is 11.0 Å². The van der Waals surface area contributed by atoms with E-state index in [2.05, 4.69) is 20.6 Å². The highest BCUT2D eigenvalue weighted by atomic mass is 19.4. The number of hydrogen-bond donors (Lipinski definition) is 2. The molecule has 0 spiro atoms. The van der Waals surface area contributed by atoms with E-state index < -0.39 is 35.6 Å². The molecule has 11 heteroatoms. The molecule has 2 aromatic heterocycles. The third kappa shape index (κ3) is 3.65. The maximum Gasteiger partial charge on any atom is 0.417 e. The number of pyridine rings is 1. The van der Waals surface area contributed by atoms with Gasteiger partial charge in [-0.15, -0.1) is 5.10 Å². The number of amides is 1. The average molecular weight is 369 g/mol. The molecular formula is C15H14F3N5O3. The van der Waals surface area contributed by atoms with Crippen LogP contribution in [-0.4, -0.2) is 43.0 Å². The van der Waals surface area contributed by atoms with Gasteiger partial charge in [0.05, 0.1) is 17.7 Å². The molecule has 138 valence electrons. The summed E-state index contributed by atoms with van der Waals surface area (Å²) in [6, 6.07) is 1.46. The predicted molar refractivity (Wildman–Crippen MR) is 80.4 cm³/mol. The summed E-state index contributed by atoms with van der Waals surface area (Å²) in [4.78, 5) is 27.0. The van der Waals surface area contributed by atoms with Crippen molar-refractivity contribution >= 4 is 11.9 Å². The standard InChI is InChI=1S/C15H14F3N5O3/c16-15(17,18)8-4-5-12(19-6-8)23-7-11(21-22-23)13(24)20-10-3-1-2-9(10)14(25)26/h4-7,9-10H,1-3H2,(H,20,24)(H,25,26)/t9-,10+/m1/s1. The van der Waals surface area contributed by atoms with E-state index in [1.807, 2.05) is 0 Å². The fourth-order valence-electron chi connectivity index (χ4n) is 2.84. The molecule has 0 radical (unpaired) electrons. The van der Waals surface area contributed by atoms with Crippen LogP contribution in [0.15, 0.2) is 24.5 Å². The number of aromatic nitrogens is 4. The first-order chi connectivity index (χ1) is 12.3. The predicted octanol–water partition coefficient (Wildman–Crippen LogP) is 1.66. The molecule has 2 aromatic rings. The van der Waals surface area contributed by atoms with Crippen molar-refractivity contribution in [3.63, 3.8) is 0 Å². The van der Waals surface area contributed by atoms with Crippen molar-refractivity contribution in [1.82, 2.24) is 25.3 Å². The third-order valence-electron chi connectivity index (χ3n) is 4.19. The summed E-state index contributed by atoms with van der Waals surface area (Å²) >= 11 is 0. The summed E-state index contributed by atoms with van der Waals surface area (Å²) in [5, 5.41) is 19.1. The fourth-order valence-corrected chi connectivity index (χ4v) is 2.84. The largest absolute Gasteiger partial charge is 0.481 e. The van der Waals surface area contributed by atoms with E-state index in [4.69, 9.17) is 5.11 Å². The zero-order chi connectivity index (χ0) is 18.9. The van der Waals surface area contributed by atoms with Crippen LogP contribution in [0.5, 0.6) is 0 Å². The minimum absolute atomic E-state index is 0.0637. The van der Waals surface area contributed by atoms with E-state index in [0.29, 0.717) is 25.5 Å². The Morgan fingerprint density at radius 3 is 2.65 bits per heavy atom. The first kappa shape index (κ1) is 17.8. The normalized spacial score (nSPS) is 20.1. The maximum atomic E-state index is 12.5. The van der Waals surface area contributed by atoms with E-state index in [1.165, 1.54) is 6.20 Å². The van der Waals surface area contributed by atoms with Gasteiger partial charge in [-0.05, 0) is 25.0 Å². The van der Waals surface area contributed by atoms with Crippen molar-refractivity contribution in [3.05, 3.63) is 35.8 Å². The highest BCUT2D eigenvalue weighted by Gasteiger charge is 2.34. The van der Waals surface area contributed by atoms with Crippen LogP contribution < -0.4 is 5.32 Å². The van der Waals surface area contributed by atoms with Gasteiger partial charge >= 0.3 is 12.1 Å². The summed E-state index contributed by atoms with van der Waals surface area (Å²) in [5.41, 5.74) is -0.983. The SMILES string of the molecule is O=C(N[C@H]1CCC[C@H]1C(=O)O)c1cn(-c2ccc(C(F)(F)F)cn2)nn1. The van der Waals surface area contributed by atoms with Crippen molar-refractivity contribution in [2.24, 2.45) is 5.92 Å². The number of nitrogens with one attached hydrogen (secondary N) is 1. The van der Waals surface area contributed by atoms with Gasteiger partial charge < -0.3 is 10.4 Å². The van der Waals surface area contributed by atoms with Crippen LogP contribution in [0.25, 0.3) is 5.82 Å². The van der Waals surface area contributed by atoms with Crippen LogP contribution in [0.1, 0.15) is 35.3 Å². The van der Waals surface area contributed by atoms with Crippen LogP contribution in [0.2, 0.25) is 0 Å². The second kappa shape index (κ2) is 6.73. The Balaban J connectivity index is 1.71. The topological polar surface area (TPSA) is 110 Å². The summed E-state index contributed by atoms with van der Waals surface area (Å²) < 4.78 is 38.7. The van der Waals surface area contributed by atoms with Gasteiger partial charge in [-0.1, -0.05) is 11.6 Å². The zero-order valence-corrected chi connectivity index (χ0v) is 13.3. The first-order valence-corrected chi connectivity index (χ1v) is 7.75. The number of aliphatic carboxylic acids is 1. The highest BCUT2D eigenvalue weighted by Crippen LogP contribution is 2.28. The molecule has 1 amide bonds. The summed E-state index contributed by atoms with van der Waals surface area (Å²) in [6.07, 6.45) is -0.882. The minimum Gasteiger partial charge on any atom is -0.481 e. The van der Waals surface area contributed by atoms with Gasteiger partial charge in [0.1, 0.15) is 0 Å². The second-order valence-electron chi connectivity index (χ2n) is 5.91.